The number of hydrogen-bond donors (Lipinski definition) is 3. The Morgan fingerprint density at radius 3 is 2.85 bits per heavy atom. The van der Waals surface area contributed by atoms with Gasteiger partial charge in [-0.2, -0.15) is 0 Å². The third kappa shape index (κ3) is 5.56. The first-order valence-corrected chi connectivity index (χ1v) is 11.9. The number of nitrogens with one attached hydrogen (secondary N) is 2. The molecule has 1 fully saturated rings. The van der Waals surface area contributed by atoms with Crippen molar-refractivity contribution in [2.75, 3.05) is 26.2 Å². The highest BCUT2D eigenvalue weighted by atomic mass is 16.5. The normalized spacial score (nSPS) is 23.8. The maximum atomic E-state index is 12.1. The fraction of sp³-hybridized carbons (Fsp3) is 0.423. The number of rotatable bonds is 8. The molecule has 8 nitrogen and oxygen atoms in total. The summed E-state index contributed by atoms with van der Waals surface area (Å²) in [5, 5.41) is 9.56. The summed E-state index contributed by atoms with van der Waals surface area (Å²) in [5.41, 5.74) is 13.3. The number of nitrogens with two attached hydrogens (primary N) is 1. The molecule has 34 heavy (non-hydrogen) atoms. The van der Waals surface area contributed by atoms with Crippen LogP contribution >= 0.6 is 0 Å². The third-order valence-corrected chi connectivity index (χ3v) is 6.83. The summed E-state index contributed by atoms with van der Waals surface area (Å²) in [6.45, 7) is 6.27. The Morgan fingerprint density at radius 1 is 1.32 bits per heavy atom. The van der Waals surface area contributed by atoms with Gasteiger partial charge in [0.1, 0.15) is 24.5 Å². The largest absolute Gasteiger partial charge is 0.489 e. The Balaban J connectivity index is 1.43. The van der Waals surface area contributed by atoms with Crippen molar-refractivity contribution in [1.82, 2.24) is 15.3 Å². The van der Waals surface area contributed by atoms with Crippen molar-refractivity contribution in [3.8, 4) is 5.75 Å². The first-order chi connectivity index (χ1) is 16.6. The van der Waals surface area contributed by atoms with Crippen LogP contribution in [0.3, 0.4) is 0 Å². The second kappa shape index (κ2) is 11.2. The van der Waals surface area contributed by atoms with Crippen LogP contribution in [0, 0.1) is 11.3 Å². The van der Waals surface area contributed by atoms with E-state index in [2.05, 4.69) is 28.1 Å². The van der Waals surface area contributed by atoms with Crippen molar-refractivity contribution in [1.29, 1.82) is 5.41 Å². The topological polar surface area (TPSA) is 107 Å². The highest BCUT2D eigenvalue weighted by molar-refractivity contribution is 6.01. The number of allylic oxidation sites excluding steroid dienone is 2. The average Bonchev–Trinajstić information content (AvgIpc) is 3.34. The molecule has 2 atom stereocenters. The summed E-state index contributed by atoms with van der Waals surface area (Å²) in [6.07, 6.45) is 9.47. The van der Waals surface area contributed by atoms with E-state index in [4.69, 9.17) is 15.9 Å². The van der Waals surface area contributed by atoms with Gasteiger partial charge in [-0.05, 0) is 55.9 Å². The highest BCUT2D eigenvalue weighted by Crippen LogP contribution is 2.34. The van der Waals surface area contributed by atoms with E-state index in [9.17, 15) is 4.79 Å². The van der Waals surface area contributed by atoms with Gasteiger partial charge in [0, 0.05) is 42.9 Å². The molecular weight excluding hydrogens is 428 g/mol. The van der Waals surface area contributed by atoms with E-state index in [0.717, 1.165) is 62.0 Å². The monoisotopic (exact) mass is 462 g/mol. The van der Waals surface area contributed by atoms with Crippen LogP contribution < -0.4 is 15.9 Å². The minimum Gasteiger partial charge on any atom is -0.489 e. The Kier molecular flexibility index (Phi) is 7.80. The number of amides is 1. The third-order valence-electron chi connectivity index (χ3n) is 6.83. The molecule has 0 aromatic heterocycles. The van der Waals surface area contributed by atoms with Crippen molar-refractivity contribution in [3.63, 3.8) is 0 Å². The predicted octanol–water partition coefficient (Wildman–Crippen LogP) is 3.01. The quantitative estimate of drug-likeness (QED) is 0.238. The lowest BCUT2D eigenvalue weighted by atomic mass is 9.86. The number of likely N-dealkylation sites (tertiary alicyclic amines) is 1. The average molecular weight is 463 g/mol. The van der Waals surface area contributed by atoms with Crippen molar-refractivity contribution >= 4 is 18.1 Å². The summed E-state index contributed by atoms with van der Waals surface area (Å²) < 4.78 is 5.93. The fourth-order valence-electron chi connectivity index (χ4n) is 4.95. The molecule has 3 aliphatic rings. The second-order valence-corrected chi connectivity index (χ2v) is 9.00. The van der Waals surface area contributed by atoms with Crippen LogP contribution in [-0.2, 0) is 4.79 Å². The van der Waals surface area contributed by atoms with Crippen LogP contribution in [0.1, 0.15) is 32.1 Å². The Hall–Kier alpha value is -3.39. The molecule has 0 bridgehead atoms. The number of piperidine rings is 1. The van der Waals surface area contributed by atoms with Crippen molar-refractivity contribution in [2.24, 2.45) is 16.6 Å². The van der Waals surface area contributed by atoms with Crippen LogP contribution in [0.2, 0.25) is 0 Å². The molecular formula is C26H34N6O2. The Morgan fingerprint density at radius 2 is 2.15 bits per heavy atom. The molecule has 1 aliphatic carbocycles. The van der Waals surface area contributed by atoms with Crippen molar-refractivity contribution in [3.05, 3.63) is 65.9 Å². The standard InChI is InChI=1S/C26H34N6O2/c1-2-24(33)31-14-6-7-21(15-31)32-16-23(26(28)29-18-27)25(30-32)20-12-10-19(11-13-20)17-34-22-8-4-3-5-9-22/h2-5,8-10,18,20-21,30H,1,6-7,11-17H2,(H3,27,28,29). The summed E-state index contributed by atoms with van der Waals surface area (Å²) in [4.78, 5) is 18.1. The van der Waals surface area contributed by atoms with Gasteiger partial charge < -0.3 is 20.8 Å². The molecule has 2 unspecified atom stereocenters. The minimum absolute atomic E-state index is 0.0233. The van der Waals surface area contributed by atoms with E-state index >= 15 is 0 Å². The molecule has 1 aromatic rings. The molecule has 1 saturated heterocycles. The van der Waals surface area contributed by atoms with Gasteiger partial charge in [0.25, 0.3) is 0 Å². The molecule has 4 N–H and O–H groups in total. The number of carbonyl (C=O) groups excluding carboxylic acids is 1. The molecule has 1 aromatic carbocycles. The summed E-state index contributed by atoms with van der Waals surface area (Å²) in [6, 6.07) is 10.1. The van der Waals surface area contributed by atoms with E-state index < -0.39 is 0 Å². The first-order valence-electron chi connectivity index (χ1n) is 11.9. The van der Waals surface area contributed by atoms with Crippen LogP contribution in [0.4, 0.5) is 0 Å². The maximum Gasteiger partial charge on any atom is 0.246 e. The number of aliphatic imine (C=N–C) groups is 1. The number of carbonyl (C=O) groups is 1. The molecule has 0 saturated carbocycles. The lowest BCUT2D eigenvalue weighted by Crippen LogP contribution is -2.52. The first kappa shape index (κ1) is 23.8. The lowest BCUT2D eigenvalue weighted by molar-refractivity contribution is -0.128. The number of hydrazine groups is 1. The zero-order chi connectivity index (χ0) is 23.9. The van der Waals surface area contributed by atoms with Gasteiger partial charge in [0.05, 0.1) is 0 Å². The summed E-state index contributed by atoms with van der Waals surface area (Å²) >= 11 is 0. The van der Waals surface area contributed by atoms with Gasteiger partial charge >= 0.3 is 0 Å². The van der Waals surface area contributed by atoms with E-state index in [-0.39, 0.29) is 11.9 Å². The fourth-order valence-corrected chi connectivity index (χ4v) is 4.95. The summed E-state index contributed by atoms with van der Waals surface area (Å²) in [5.74, 6) is 1.55. The zero-order valence-corrected chi connectivity index (χ0v) is 19.6. The van der Waals surface area contributed by atoms with Crippen molar-refractivity contribution in [2.45, 2.75) is 38.1 Å². The van der Waals surface area contributed by atoms with E-state index in [0.29, 0.717) is 31.4 Å². The van der Waals surface area contributed by atoms with Crippen LogP contribution in [0.25, 0.3) is 0 Å². The zero-order valence-electron chi connectivity index (χ0n) is 19.6. The summed E-state index contributed by atoms with van der Waals surface area (Å²) in [7, 11) is 0. The van der Waals surface area contributed by atoms with E-state index in [1.54, 1.807) is 0 Å². The molecule has 4 rings (SSSR count). The molecule has 0 radical (unpaired) electrons. The lowest BCUT2D eigenvalue weighted by Gasteiger charge is -2.38. The number of hydrogen-bond acceptors (Lipinski definition) is 5. The van der Waals surface area contributed by atoms with Gasteiger partial charge in [-0.25, -0.2) is 10.0 Å². The second-order valence-electron chi connectivity index (χ2n) is 9.00. The molecule has 180 valence electrons. The van der Waals surface area contributed by atoms with Crippen LogP contribution in [0.5, 0.6) is 5.75 Å². The number of benzene rings is 1. The maximum absolute atomic E-state index is 12.1. The molecule has 2 heterocycles. The number of ether oxygens (including phenoxy) is 1. The molecule has 2 aliphatic heterocycles. The van der Waals surface area contributed by atoms with E-state index in [1.165, 1.54) is 11.6 Å². The Bertz CT molecular complexity index is 1000. The number of nitrogens with zero attached hydrogens (tertiary/aromatic N) is 3. The van der Waals surface area contributed by atoms with Gasteiger partial charge in [0.15, 0.2) is 0 Å². The van der Waals surface area contributed by atoms with Crippen LogP contribution in [-0.4, -0.2) is 60.3 Å². The van der Waals surface area contributed by atoms with Gasteiger partial charge in [-0.1, -0.05) is 30.9 Å². The van der Waals surface area contributed by atoms with E-state index in [1.807, 2.05) is 35.2 Å². The van der Waals surface area contributed by atoms with Crippen LogP contribution in [0.15, 0.2) is 70.9 Å². The van der Waals surface area contributed by atoms with Gasteiger partial charge in [-0.3, -0.25) is 10.2 Å². The number of para-hydroxylation sites is 1. The predicted molar refractivity (Wildman–Crippen MR) is 134 cm³/mol. The SMILES string of the molecule is C=CC(=O)N1CCCC(N2CC(C(N)=NC=N)=C(C3CC=C(COc4ccccc4)CC3)N2)C1. The van der Waals surface area contributed by atoms with Gasteiger partial charge in [0.2, 0.25) is 5.91 Å². The Labute approximate surface area is 201 Å². The highest BCUT2D eigenvalue weighted by Gasteiger charge is 2.35. The van der Waals surface area contributed by atoms with Gasteiger partial charge in [-0.15, -0.1) is 0 Å². The molecule has 0 spiro atoms. The molecule has 1 amide bonds. The smallest absolute Gasteiger partial charge is 0.246 e. The molecule has 8 heteroatoms. The minimum atomic E-state index is -0.0233. The van der Waals surface area contributed by atoms with Crippen molar-refractivity contribution < 1.29 is 9.53 Å². The number of amidine groups is 1.